The molecule has 458 valence electrons. The molecule has 5 rings (SSSR count). The molecule has 0 amide bonds. The lowest BCUT2D eigenvalue weighted by atomic mass is 9.75. The van der Waals surface area contributed by atoms with E-state index in [4.69, 9.17) is 23.7 Å². The molecule has 6 atom stereocenters. The van der Waals surface area contributed by atoms with E-state index in [-0.39, 0.29) is 25.7 Å². The average Bonchev–Trinajstić information content (AvgIpc) is 3.32. The average molecular weight is 1170 g/mol. The number of aliphatic hydroxyl groups is 3. The number of carbonyl (C=O) groups is 3. The lowest BCUT2D eigenvalue weighted by molar-refractivity contribution is -0.532. The first-order chi connectivity index (χ1) is 34.9. The number of ether oxygens (including phenoxy) is 9. The van der Waals surface area contributed by atoms with Crippen molar-refractivity contribution in [2.75, 3.05) is 26.6 Å². The molecule has 6 unspecified atom stereocenters. The van der Waals surface area contributed by atoms with Gasteiger partial charge in [-0.2, -0.15) is 65.9 Å². The van der Waals surface area contributed by atoms with Gasteiger partial charge in [0, 0.05) is 0 Å². The quantitative estimate of drug-likeness (QED) is 0.0948. The van der Waals surface area contributed by atoms with E-state index in [0.717, 1.165) is 20.3 Å². The van der Waals surface area contributed by atoms with Crippen LogP contribution in [0.5, 0.6) is 0 Å². The van der Waals surface area contributed by atoms with Gasteiger partial charge in [-0.25, -0.2) is 0 Å². The minimum Gasteiger partial charge on any atom is -0.462 e. The van der Waals surface area contributed by atoms with Crippen LogP contribution in [0.1, 0.15) is 153 Å². The molecule has 3 saturated heterocycles. The zero-order chi connectivity index (χ0) is 60.6. The fraction of sp³-hybridized carbons (Fsp3) is 0.938. The first-order valence-electron chi connectivity index (χ1n) is 25.0. The summed E-state index contributed by atoms with van der Waals surface area (Å²) in [4.78, 5) is 36.1. The maximum atomic E-state index is 14.9. The van der Waals surface area contributed by atoms with Crippen molar-refractivity contribution in [2.24, 2.45) is 22.2 Å². The predicted octanol–water partition coefficient (Wildman–Crippen LogP) is 10.7. The summed E-state index contributed by atoms with van der Waals surface area (Å²) < 4.78 is 246. The van der Waals surface area contributed by atoms with E-state index in [2.05, 4.69) is 18.9 Å². The van der Waals surface area contributed by atoms with Gasteiger partial charge in [0.05, 0.1) is 16.2 Å². The summed E-state index contributed by atoms with van der Waals surface area (Å²) in [6, 6.07) is 0. The summed E-state index contributed by atoms with van der Waals surface area (Å²) in [5.74, 6) is -35.9. The maximum absolute atomic E-state index is 14.9. The molecular formula is C48H71F15O15. The molecule has 2 saturated carbocycles. The van der Waals surface area contributed by atoms with Crippen LogP contribution in [0.15, 0.2) is 0 Å². The topological polar surface area (TPSA) is 195 Å². The minimum atomic E-state index is -5.79. The van der Waals surface area contributed by atoms with E-state index in [0.29, 0.717) is 32.1 Å². The van der Waals surface area contributed by atoms with Crippen LogP contribution in [-0.4, -0.2) is 143 Å². The molecule has 0 aromatic rings. The second-order valence-electron chi connectivity index (χ2n) is 22.4. The number of alkyl halides is 15. The Labute approximate surface area is 440 Å². The van der Waals surface area contributed by atoms with Crippen LogP contribution in [0.3, 0.4) is 0 Å². The van der Waals surface area contributed by atoms with Crippen molar-refractivity contribution in [3.8, 4) is 0 Å². The molecule has 5 fully saturated rings. The van der Waals surface area contributed by atoms with Crippen LogP contribution in [0.4, 0.5) is 65.9 Å². The van der Waals surface area contributed by atoms with Gasteiger partial charge in [-0.05, 0) is 119 Å². The number of carbonyl (C=O) groups excluding carboxylic acids is 3. The molecule has 0 radical (unpaired) electrons. The minimum absolute atomic E-state index is 0.102. The highest BCUT2D eigenvalue weighted by Crippen LogP contribution is 2.58. The number of hydrogen-bond acceptors (Lipinski definition) is 15. The summed E-state index contributed by atoms with van der Waals surface area (Å²) in [5.41, 5.74) is -5.13. The lowest BCUT2D eigenvalue weighted by Crippen LogP contribution is -2.74. The summed E-state index contributed by atoms with van der Waals surface area (Å²) >= 11 is 0. The number of esters is 3. The van der Waals surface area contributed by atoms with E-state index in [1.807, 2.05) is 0 Å². The Bertz CT molecular complexity index is 2050. The van der Waals surface area contributed by atoms with Crippen molar-refractivity contribution < 1.29 is 138 Å². The summed E-state index contributed by atoms with van der Waals surface area (Å²) in [5, 5.41) is 28.9. The van der Waals surface area contributed by atoms with E-state index in [1.54, 1.807) is 62.3 Å². The van der Waals surface area contributed by atoms with Crippen molar-refractivity contribution in [3.05, 3.63) is 0 Å². The fourth-order valence-corrected chi connectivity index (χ4v) is 8.31. The fourth-order valence-electron chi connectivity index (χ4n) is 8.31. The van der Waals surface area contributed by atoms with Crippen LogP contribution in [0, 0.1) is 22.2 Å². The van der Waals surface area contributed by atoms with Crippen LogP contribution in [0.2, 0.25) is 0 Å². The van der Waals surface area contributed by atoms with E-state index in [9.17, 15) is 95.6 Å². The van der Waals surface area contributed by atoms with Gasteiger partial charge in [0.1, 0.15) is 37.6 Å². The SMILES string of the molecule is CCC(C)(C)C(=O)OC1CCC2(CC1)OCOC(O)(C(F)(F)F)C2(F)F.CCC(C)(C)C(=O)OCC1(C)OC(C2CCCCC2)C(F)(F)C(O)(C(F)(F)F)O1.CCC(C)(C)C(=O)OCC1(C)OCC(F)(F)C(O)(C(F)(F)F)O1. The highest BCUT2D eigenvalue weighted by molar-refractivity contribution is 5.76. The summed E-state index contributed by atoms with van der Waals surface area (Å²) in [7, 11) is 0. The Morgan fingerprint density at radius 1 is 0.551 bits per heavy atom. The van der Waals surface area contributed by atoms with Crippen molar-refractivity contribution >= 4 is 17.9 Å². The van der Waals surface area contributed by atoms with Crippen LogP contribution < -0.4 is 0 Å². The number of hydrogen-bond donors (Lipinski definition) is 3. The lowest BCUT2D eigenvalue weighted by Gasteiger charge is -2.53. The molecule has 1 spiro atoms. The summed E-state index contributed by atoms with van der Waals surface area (Å²) in [6.07, 6.45) is -17.7. The van der Waals surface area contributed by atoms with Gasteiger partial charge < -0.3 is 58.0 Å². The maximum Gasteiger partial charge on any atom is 0.449 e. The number of halogens is 15. The molecule has 2 aliphatic carbocycles. The Balaban J connectivity index is 0.000000310. The van der Waals surface area contributed by atoms with Crippen molar-refractivity contribution in [3.63, 3.8) is 0 Å². The summed E-state index contributed by atoms with van der Waals surface area (Å²) in [6.45, 7) is 12.0. The first kappa shape index (κ1) is 69.3. The number of rotatable bonds is 12. The normalized spacial score (nSPS) is 31.9. The Morgan fingerprint density at radius 2 is 0.962 bits per heavy atom. The molecule has 3 aliphatic heterocycles. The van der Waals surface area contributed by atoms with Crippen LogP contribution in [0.25, 0.3) is 0 Å². The Hall–Kier alpha value is -3.00. The van der Waals surface area contributed by atoms with E-state index >= 15 is 0 Å². The van der Waals surface area contributed by atoms with E-state index in [1.165, 1.54) is 0 Å². The molecule has 78 heavy (non-hydrogen) atoms. The molecule has 3 heterocycles. The molecule has 5 aliphatic rings. The molecule has 3 N–H and O–H groups in total. The highest BCUT2D eigenvalue weighted by atomic mass is 19.4. The Kier molecular flexibility index (Phi) is 20.7. The molecular weight excluding hydrogens is 1100 g/mol. The third kappa shape index (κ3) is 13.9. The van der Waals surface area contributed by atoms with Gasteiger partial charge in [-0.15, -0.1) is 0 Å². The second-order valence-corrected chi connectivity index (χ2v) is 22.4. The van der Waals surface area contributed by atoms with Gasteiger partial charge in [0.2, 0.25) is 11.6 Å². The van der Waals surface area contributed by atoms with Crippen molar-refractivity contribution in [2.45, 2.75) is 236 Å². The molecule has 15 nitrogen and oxygen atoms in total. The molecule has 0 aromatic heterocycles. The standard InChI is InChI=1S/C19H29F5O5.C16H23F5O5.C13H19F5O5/c1-5-15(2,3)14(25)27-11-16(4)28-13(12-9-7-6-8-10-12)17(20,21)18(26,29-16)19(22,23)24;1-4-12(2,3)11(22)26-10-5-7-13(8-6-10)14(17,18)15(23,16(19,20)21)25-9-24-13;1-5-9(2,3)8(19)21-6-10(4)22-7-11(14,15)12(20,23-10)13(16,17)18/h12-13,26H,5-11H2,1-4H3;10,23H,4-9H2,1-3H3;20H,5-7H2,1-4H3. The molecule has 0 bridgehead atoms. The predicted molar refractivity (Wildman–Crippen MR) is 236 cm³/mol. The van der Waals surface area contributed by atoms with Gasteiger partial charge >= 0.3 is 71.6 Å². The van der Waals surface area contributed by atoms with Gasteiger partial charge in [-0.1, -0.05) is 40.0 Å². The monoisotopic (exact) mass is 1170 g/mol. The van der Waals surface area contributed by atoms with Gasteiger partial charge in [0.25, 0.3) is 0 Å². The zero-order valence-corrected chi connectivity index (χ0v) is 45.0. The van der Waals surface area contributed by atoms with Crippen LogP contribution >= 0.6 is 0 Å². The Morgan fingerprint density at radius 3 is 1.38 bits per heavy atom. The third-order valence-electron chi connectivity index (χ3n) is 15.1. The molecule has 30 heteroatoms. The third-order valence-corrected chi connectivity index (χ3v) is 15.1. The van der Waals surface area contributed by atoms with Crippen molar-refractivity contribution in [1.29, 1.82) is 0 Å². The smallest absolute Gasteiger partial charge is 0.449 e. The van der Waals surface area contributed by atoms with E-state index < -0.39 is 163 Å². The van der Waals surface area contributed by atoms with Crippen molar-refractivity contribution in [1.82, 2.24) is 0 Å². The van der Waals surface area contributed by atoms with Gasteiger partial charge in [-0.3, -0.25) is 14.4 Å². The zero-order valence-electron chi connectivity index (χ0n) is 45.0. The first-order valence-corrected chi connectivity index (χ1v) is 25.0. The second kappa shape index (κ2) is 23.3. The van der Waals surface area contributed by atoms with Gasteiger partial charge in [0.15, 0.2) is 6.79 Å². The largest absolute Gasteiger partial charge is 0.462 e. The molecule has 0 aromatic carbocycles. The highest BCUT2D eigenvalue weighted by Gasteiger charge is 2.82. The van der Waals surface area contributed by atoms with Crippen LogP contribution in [-0.2, 0) is 57.0 Å².